The van der Waals surface area contributed by atoms with E-state index in [1.54, 1.807) is 0 Å². The van der Waals surface area contributed by atoms with Crippen molar-refractivity contribution in [2.75, 3.05) is 31.7 Å². The largest absolute Gasteiger partial charge is 0.383 e. The molecule has 0 radical (unpaired) electrons. The van der Waals surface area contributed by atoms with Crippen LogP contribution in [0.4, 0.5) is 10.1 Å². The molecule has 0 amide bonds. The van der Waals surface area contributed by atoms with E-state index in [0.29, 0.717) is 13.2 Å². The Kier molecular flexibility index (Phi) is 5.86. The fourth-order valence-corrected chi connectivity index (χ4v) is 1.35. The molecular weight excluding hydrogens is 296 g/mol. The first-order valence-electron chi connectivity index (χ1n) is 4.46. The molecule has 0 aliphatic heterocycles. The summed E-state index contributed by atoms with van der Waals surface area (Å²) in [6, 6.07) is 8.09. The normalized spacial score (nSPS) is 10.1. The van der Waals surface area contributed by atoms with Gasteiger partial charge in [0.25, 0.3) is 0 Å². The number of hydrogen-bond acceptors (Lipinski definition) is 2. The van der Waals surface area contributed by atoms with Crippen LogP contribution in [0.15, 0.2) is 24.3 Å². The van der Waals surface area contributed by atoms with Crippen LogP contribution in [0.25, 0.3) is 0 Å². The molecule has 1 aromatic rings. The predicted octanol–water partition coefficient (Wildman–Crippen LogP) is 2.69. The lowest BCUT2D eigenvalue weighted by molar-refractivity contribution is 0.128. The zero-order valence-electron chi connectivity index (χ0n) is 7.80. The minimum absolute atomic E-state index is 0.189. The number of halogens is 2. The summed E-state index contributed by atoms with van der Waals surface area (Å²) in [5.41, 5.74) is 1.06. The molecule has 14 heavy (non-hydrogen) atoms. The van der Waals surface area contributed by atoms with Crippen molar-refractivity contribution in [2.24, 2.45) is 0 Å². The molecule has 1 N–H and O–H groups in total. The maximum atomic E-state index is 11.6. The molecule has 0 bridgehead atoms. The van der Waals surface area contributed by atoms with E-state index in [4.69, 9.17) is 4.74 Å². The molecule has 1 rings (SSSR count). The molecule has 0 aliphatic carbocycles. The van der Waals surface area contributed by atoms with Crippen LogP contribution >= 0.6 is 22.6 Å². The molecule has 0 heterocycles. The first-order chi connectivity index (χ1) is 6.83. The molecule has 0 saturated heterocycles. The highest BCUT2D eigenvalue weighted by Crippen LogP contribution is 2.10. The Bertz CT molecular complexity index is 253. The van der Waals surface area contributed by atoms with Crippen molar-refractivity contribution in [2.45, 2.75) is 0 Å². The van der Waals surface area contributed by atoms with Gasteiger partial charge in [-0.25, -0.2) is 4.39 Å². The second kappa shape index (κ2) is 7.00. The molecule has 0 aromatic heterocycles. The molecule has 0 atom stereocenters. The maximum absolute atomic E-state index is 11.6. The minimum atomic E-state index is -0.413. The topological polar surface area (TPSA) is 21.3 Å². The number of nitrogens with one attached hydrogen (secondary N) is 1. The number of ether oxygens (including phenoxy) is 1. The van der Waals surface area contributed by atoms with Gasteiger partial charge in [-0.15, -0.1) is 0 Å². The Morgan fingerprint density at radius 2 is 1.93 bits per heavy atom. The van der Waals surface area contributed by atoms with Crippen molar-refractivity contribution < 1.29 is 9.13 Å². The number of benzene rings is 1. The summed E-state index contributed by atoms with van der Waals surface area (Å²) in [4.78, 5) is 0. The van der Waals surface area contributed by atoms with Gasteiger partial charge in [-0.2, -0.15) is 0 Å². The molecule has 2 nitrogen and oxygen atoms in total. The fraction of sp³-hybridized carbons (Fsp3) is 0.400. The van der Waals surface area contributed by atoms with E-state index >= 15 is 0 Å². The third-order valence-electron chi connectivity index (χ3n) is 1.64. The first kappa shape index (κ1) is 11.7. The molecule has 0 fully saturated rings. The van der Waals surface area contributed by atoms with Crippen molar-refractivity contribution in [3.63, 3.8) is 0 Å². The van der Waals surface area contributed by atoms with E-state index in [1.165, 1.54) is 3.57 Å². The second-order valence-electron chi connectivity index (χ2n) is 2.74. The Morgan fingerprint density at radius 1 is 1.21 bits per heavy atom. The summed E-state index contributed by atoms with van der Waals surface area (Å²) in [7, 11) is 0. The van der Waals surface area contributed by atoms with E-state index in [1.807, 2.05) is 24.3 Å². The standard InChI is InChI=1S/C10H13FINO/c11-5-7-14-8-6-13-10-3-1-9(12)2-4-10/h1-4,13H,5-8H2. The number of alkyl halides is 1. The van der Waals surface area contributed by atoms with Crippen molar-refractivity contribution in [3.05, 3.63) is 27.8 Å². The molecule has 0 saturated carbocycles. The molecule has 78 valence electrons. The molecule has 4 heteroatoms. The number of hydrogen-bond donors (Lipinski definition) is 1. The highest BCUT2D eigenvalue weighted by atomic mass is 127. The zero-order valence-corrected chi connectivity index (χ0v) is 9.96. The van der Waals surface area contributed by atoms with Crippen LogP contribution in [-0.2, 0) is 4.74 Å². The fourth-order valence-electron chi connectivity index (χ4n) is 0.992. The summed E-state index contributed by atoms with van der Waals surface area (Å²) >= 11 is 2.26. The van der Waals surface area contributed by atoms with Crippen molar-refractivity contribution in [1.29, 1.82) is 0 Å². The van der Waals surface area contributed by atoms with Crippen LogP contribution in [0.5, 0.6) is 0 Å². The van der Waals surface area contributed by atoms with Crippen LogP contribution in [0.2, 0.25) is 0 Å². The van der Waals surface area contributed by atoms with Gasteiger partial charge in [0, 0.05) is 15.8 Å². The zero-order chi connectivity index (χ0) is 10.2. The van der Waals surface area contributed by atoms with Crippen molar-refractivity contribution in [3.8, 4) is 0 Å². The van der Waals surface area contributed by atoms with Crippen LogP contribution in [0.3, 0.4) is 0 Å². The quantitative estimate of drug-likeness (QED) is 0.644. The Balaban J connectivity index is 2.15. The van der Waals surface area contributed by atoms with Gasteiger partial charge >= 0.3 is 0 Å². The van der Waals surface area contributed by atoms with Gasteiger partial charge in [0.15, 0.2) is 0 Å². The van der Waals surface area contributed by atoms with E-state index in [2.05, 4.69) is 27.9 Å². The van der Waals surface area contributed by atoms with Gasteiger partial charge in [-0.1, -0.05) is 0 Å². The van der Waals surface area contributed by atoms with Crippen LogP contribution < -0.4 is 5.32 Å². The van der Waals surface area contributed by atoms with E-state index in [-0.39, 0.29) is 6.61 Å². The van der Waals surface area contributed by atoms with Gasteiger partial charge < -0.3 is 10.1 Å². The number of rotatable bonds is 6. The summed E-state index contributed by atoms with van der Waals surface area (Å²) in [6.07, 6.45) is 0. The van der Waals surface area contributed by atoms with Gasteiger partial charge in [0.05, 0.1) is 13.2 Å². The van der Waals surface area contributed by atoms with E-state index < -0.39 is 6.67 Å². The third kappa shape index (κ3) is 4.76. The summed E-state index contributed by atoms with van der Waals surface area (Å²) in [6.45, 7) is 1.02. The lowest BCUT2D eigenvalue weighted by Crippen LogP contribution is -2.10. The summed E-state index contributed by atoms with van der Waals surface area (Å²) in [5, 5.41) is 3.18. The highest BCUT2D eigenvalue weighted by Gasteiger charge is 1.91. The maximum Gasteiger partial charge on any atom is 0.113 e. The average molecular weight is 309 g/mol. The van der Waals surface area contributed by atoms with Gasteiger partial charge in [-0.05, 0) is 46.9 Å². The summed E-state index contributed by atoms with van der Waals surface area (Å²) in [5.74, 6) is 0. The second-order valence-corrected chi connectivity index (χ2v) is 3.98. The monoisotopic (exact) mass is 309 g/mol. The minimum Gasteiger partial charge on any atom is -0.383 e. The predicted molar refractivity (Wildman–Crippen MR) is 64.4 cm³/mol. The smallest absolute Gasteiger partial charge is 0.113 e. The van der Waals surface area contributed by atoms with Crippen LogP contribution in [0.1, 0.15) is 0 Å². The third-order valence-corrected chi connectivity index (χ3v) is 2.36. The van der Waals surface area contributed by atoms with Crippen molar-refractivity contribution >= 4 is 28.3 Å². The molecule has 0 spiro atoms. The Morgan fingerprint density at radius 3 is 2.57 bits per heavy atom. The molecular formula is C10H13FINO. The first-order valence-corrected chi connectivity index (χ1v) is 5.54. The Labute approximate surface area is 97.0 Å². The van der Waals surface area contributed by atoms with E-state index in [0.717, 1.165) is 5.69 Å². The van der Waals surface area contributed by atoms with Crippen LogP contribution in [-0.4, -0.2) is 26.4 Å². The SMILES string of the molecule is FCCOCCNc1ccc(I)cc1. The Hall–Kier alpha value is -0.360. The molecule has 0 unspecified atom stereocenters. The van der Waals surface area contributed by atoms with Gasteiger partial charge in [-0.3, -0.25) is 0 Å². The van der Waals surface area contributed by atoms with Crippen LogP contribution in [0, 0.1) is 3.57 Å². The molecule has 1 aromatic carbocycles. The lowest BCUT2D eigenvalue weighted by Gasteiger charge is -2.06. The van der Waals surface area contributed by atoms with Crippen molar-refractivity contribution in [1.82, 2.24) is 0 Å². The van der Waals surface area contributed by atoms with Gasteiger partial charge in [0.1, 0.15) is 6.67 Å². The molecule has 0 aliphatic rings. The average Bonchev–Trinajstić information content (AvgIpc) is 2.21. The van der Waals surface area contributed by atoms with Gasteiger partial charge in [0.2, 0.25) is 0 Å². The lowest BCUT2D eigenvalue weighted by atomic mass is 10.3. The highest BCUT2D eigenvalue weighted by molar-refractivity contribution is 14.1. The van der Waals surface area contributed by atoms with E-state index in [9.17, 15) is 4.39 Å². The number of anilines is 1. The summed E-state index contributed by atoms with van der Waals surface area (Å²) < 4.78 is 17.8.